The van der Waals surface area contributed by atoms with E-state index >= 15 is 0 Å². The van der Waals surface area contributed by atoms with Gasteiger partial charge in [-0.2, -0.15) is 0 Å². The van der Waals surface area contributed by atoms with Gasteiger partial charge in [-0.25, -0.2) is 4.98 Å². The Kier molecular flexibility index (Phi) is 2.74. The molecule has 0 saturated heterocycles. The molecule has 0 spiro atoms. The lowest BCUT2D eigenvalue weighted by Crippen LogP contribution is -2.19. The van der Waals surface area contributed by atoms with E-state index < -0.39 is 0 Å². The summed E-state index contributed by atoms with van der Waals surface area (Å²) in [4.78, 5) is 4.23. The Morgan fingerprint density at radius 3 is 3.17 bits per heavy atom. The van der Waals surface area contributed by atoms with Crippen LogP contribution in [-0.4, -0.2) is 18.1 Å². The van der Waals surface area contributed by atoms with Gasteiger partial charge in [-0.3, -0.25) is 0 Å². The molecule has 2 rings (SSSR count). The van der Waals surface area contributed by atoms with E-state index in [4.69, 9.17) is 0 Å². The highest BCUT2D eigenvalue weighted by Crippen LogP contribution is 2.27. The lowest BCUT2D eigenvalue weighted by Gasteiger charge is -1.99. The Hall–Kier alpha value is -0.410. The maximum Gasteiger partial charge on any atom is 0.0937 e. The second kappa shape index (κ2) is 4.01. The quantitative estimate of drug-likeness (QED) is 0.701. The topological polar surface area (TPSA) is 24.9 Å². The second-order valence-corrected chi connectivity index (χ2v) is 4.30. The van der Waals surface area contributed by atoms with Crippen molar-refractivity contribution in [3.63, 3.8) is 0 Å². The number of hydrogen-bond acceptors (Lipinski definition) is 3. The Balaban J connectivity index is 1.56. The maximum absolute atomic E-state index is 4.23. The van der Waals surface area contributed by atoms with Crippen molar-refractivity contribution in [2.24, 2.45) is 5.92 Å². The summed E-state index contributed by atoms with van der Waals surface area (Å²) in [6.45, 7) is 2.30. The summed E-state index contributed by atoms with van der Waals surface area (Å²) in [6, 6.07) is 0. The molecule has 0 unspecified atom stereocenters. The van der Waals surface area contributed by atoms with Gasteiger partial charge in [0.2, 0.25) is 0 Å². The lowest BCUT2D eigenvalue weighted by atomic mass is 10.4. The predicted octanol–water partition coefficient (Wildman–Crippen LogP) is 1.69. The highest BCUT2D eigenvalue weighted by Gasteiger charge is 2.19. The first-order chi connectivity index (χ1) is 5.95. The van der Waals surface area contributed by atoms with E-state index in [9.17, 15) is 0 Å². The molecular weight excluding hydrogens is 168 g/mol. The first-order valence-corrected chi connectivity index (χ1v) is 5.42. The molecular formula is C9H14N2S. The van der Waals surface area contributed by atoms with Gasteiger partial charge in [0, 0.05) is 24.5 Å². The van der Waals surface area contributed by atoms with E-state index in [1.807, 2.05) is 11.6 Å². The third-order valence-electron chi connectivity index (χ3n) is 2.13. The SMILES string of the molecule is c1csc(CCNCC2CC2)n1. The third kappa shape index (κ3) is 2.57. The summed E-state index contributed by atoms with van der Waals surface area (Å²) in [6.07, 6.45) is 5.83. The Bertz CT molecular complexity index is 216. The lowest BCUT2D eigenvalue weighted by molar-refractivity contribution is 0.636. The fourth-order valence-electron chi connectivity index (χ4n) is 1.20. The van der Waals surface area contributed by atoms with Crippen molar-refractivity contribution in [3.05, 3.63) is 16.6 Å². The fraction of sp³-hybridized carbons (Fsp3) is 0.667. The molecule has 0 amide bonds. The molecule has 0 aromatic carbocycles. The number of nitrogens with zero attached hydrogens (tertiary/aromatic N) is 1. The van der Waals surface area contributed by atoms with Crippen LogP contribution < -0.4 is 5.32 Å². The number of aromatic nitrogens is 1. The van der Waals surface area contributed by atoms with Crippen molar-refractivity contribution in [2.75, 3.05) is 13.1 Å². The first-order valence-electron chi connectivity index (χ1n) is 4.54. The Morgan fingerprint density at radius 2 is 2.50 bits per heavy atom. The number of hydrogen-bond donors (Lipinski definition) is 1. The van der Waals surface area contributed by atoms with Gasteiger partial charge < -0.3 is 5.32 Å². The average molecular weight is 182 g/mol. The molecule has 0 radical (unpaired) electrons. The standard InChI is InChI=1S/C9H14N2S/c1-2-8(1)7-10-4-3-9-11-5-6-12-9/h5-6,8,10H,1-4,7H2. The van der Waals surface area contributed by atoms with Gasteiger partial charge in [0.15, 0.2) is 0 Å². The molecule has 1 aromatic heterocycles. The molecule has 1 heterocycles. The number of thiazole rings is 1. The number of nitrogens with one attached hydrogen (secondary N) is 1. The van der Waals surface area contributed by atoms with E-state index in [0.29, 0.717) is 0 Å². The minimum absolute atomic E-state index is 0.987. The zero-order valence-electron chi connectivity index (χ0n) is 7.12. The zero-order chi connectivity index (χ0) is 8.23. The van der Waals surface area contributed by atoms with E-state index in [-0.39, 0.29) is 0 Å². The van der Waals surface area contributed by atoms with Crippen LogP contribution in [0.3, 0.4) is 0 Å². The summed E-state index contributed by atoms with van der Waals surface area (Å²) < 4.78 is 0. The van der Waals surface area contributed by atoms with E-state index in [1.54, 1.807) is 11.3 Å². The largest absolute Gasteiger partial charge is 0.316 e. The van der Waals surface area contributed by atoms with Gasteiger partial charge in [0.25, 0.3) is 0 Å². The molecule has 0 bridgehead atoms. The zero-order valence-corrected chi connectivity index (χ0v) is 7.94. The van der Waals surface area contributed by atoms with Crippen LogP contribution in [0.5, 0.6) is 0 Å². The summed E-state index contributed by atoms with van der Waals surface area (Å²) in [5.41, 5.74) is 0. The molecule has 66 valence electrons. The maximum atomic E-state index is 4.23. The first kappa shape index (κ1) is 8.20. The van der Waals surface area contributed by atoms with Gasteiger partial charge in [-0.15, -0.1) is 11.3 Å². The second-order valence-electron chi connectivity index (χ2n) is 3.32. The molecule has 0 aliphatic heterocycles. The van der Waals surface area contributed by atoms with E-state index in [2.05, 4.69) is 10.3 Å². The van der Waals surface area contributed by atoms with Crippen molar-refractivity contribution >= 4 is 11.3 Å². The van der Waals surface area contributed by atoms with Crippen LogP contribution in [0.25, 0.3) is 0 Å². The minimum atomic E-state index is 0.987. The van der Waals surface area contributed by atoms with Crippen LogP contribution in [0.4, 0.5) is 0 Å². The average Bonchev–Trinajstić information content (AvgIpc) is 2.76. The molecule has 3 heteroatoms. The molecule has 12 heavy (non-hydrogen) atoms. The van der Waals surface area contributed by atoms with Gasteiger partial charge in [0.05, 0.1) is 5.01 Å². The van der Waals surface area contributed by atoms with E-state index in [0.717, 1.165) is 18.9 Å². The molecule has 1 saturated carbocycles. The monoisotopic (exact) mass is 182 g/mol. The van der Waals surface area contributed by atoms with E-state index in [1.165, 1.54) is 24.4 Å². The molecule has 0 atom stereocenters. The summed E-state index contributed by atoms with van der Waals surface area (Å²) in [7, 11) is 0. The highest BCUT2D eigenvalue weighted by atomic mass is 32.1. The normalized spacial score (nSPS) is 16.7. The fourth-order valence-corrected chi connectivity index (χ4v) is 1.82. The van der Waals surface area contributed by atoms with Crippen molar-refractivity contribution < 1.29 is 0 Å². The van der Waals surface area contributed by atoms with Crippen molar-refractivity contribution in [1.29, 1.82) is 0 Å². The summed E-state index contributed by atoms with van der Waals surface area (Å²) in [5.74, 6) is 0.987. The molecule has 2 nitrogen and oxygen atoms in total. The minimum Gasteiger partial charge on any atom is -0.316 e. The van der Waals surface area contributed by atoms with Crippen molar-refractivity contribution in [1.82, 2.24) is 10.3 Å². The van der Waals surface area contributed by atoms with Gasteiger partial charge in [0.1, 0.15) is 0 Å². The molecule has 1 aromatic rings. The molecule has 1 fully saturated rings. The van der Waals surface area contributed by atoms with Crippen LogP contribution in [0.15, 0.2) is 11.6 Å². The van der Waals surface area contributed by atoms with Gasteiger partial charge >= 0.3 is 0 Å². The smallest absolute Gasteiger partial charge is 0.0937 e. The Labute approximate surface area is 77.0 Å². The van der Waals surface area contributed by atoms with Gasteiger partial charge in [-0.05, 0) is 25.3 Å². The van der Waals surface area contributed by atoms with Crippen LogP contribution in [0, 0.1) is 5.92 Å². The van der Waals surface area contributed by atoms with Crippen molar-refractivity contribution in [2.45, 2.75) is 19.3 Å². The van der Waals surface area contributed by atoms with Crippen LogP contribution >= 0.6 is 11.3 Å². The van der Waals surface area contributed by atoms with Crippen LogP contribution in [-0.2, 0) is 6.42 Å². The summed E-state index contributed by atoms with van der Waals surface area (Å²) in [5, 5.41) is 6.74. The van der Waals surface area contributed by atoms with Crippen LogP contribution in [0.2, 0.25) is 0 Å². The highest BCUT2D eigenvalue weighted by molar-refractivity contribution is 7.09. The molecule has 1 aliphatic carbocycles. The summed E-state index contributed by atoms with van der Waals surface area (Å²) >= 11 is 1.75. The van der Waals surface area contributed by atoms with Gasteiger partial charge in [-0.1, -0.05) is 0 Å². The van der Waals surface area contributed by atoms with Crippen molar-refractivity contribution in [3.8, 4) is 0 Å². The van der Waals surface area contributed by atoms with Crippen LogP contribution in [0.1, 0.15) is 17.8 Å². The molecule has 1 N–H and O–H groups in total. The molecule has 1 aliphatic rings. The number of rotatable bonds is 5. The third-order valence-corrected chi connectivity index (χ3v) is 2.97. The predicted molar refractivity (Wildman–Crippen MR) is 51.4 cm³/mol. The Morgan fingerprint density at radius 1 is 1.58 bits per heavy atom.